The Morgan fingerprint density at radius 3 is 2.65 bits per heavy atom. The predicted octanol–water partition coefficient (Wildman–Crippen LogP) is 2.01. The summed E-state index contributed by atoms with van der Waals surface area (Å²) in [6.07, 6.45) is 0.967. The van der Waals surface area contributed by atoms with Crippen LogP contribution in [0.4, 0.5) is 0 Å². The molecule has 1 aromatic rings. The Morgan fingerprint density at radius 1 is 1.30 bits per heavy atom. The molecule has 2 rings (SSSR count). The van der Waals surface area contributed by atoms with E-state index in [0.29, 0.717) is 25.9 Å². The van der Waals surface area contributed by atoms with Gasteiger partial charge in [-0.1, -0.05) is 31.2 Å². The van der Waals surface area contributed by atoms with E-state index in [4.69, 9.17) is 0 Å². The number of rotatable bonds is 3. The summed E-state index contributed by atoms with van der Waals surface area (Å²) < 4.78 is 0. The fourth-order valence-electron chi connectivity index (χ4n) is 2.49. The summed E-state index contributed by atoms with van der Waals surface area (Å²) in [5.41, 5.74) is 1.52. The van der Waals surface area contributed by atoms with Crippen LogP contribution in [0.25, 0.3) is 0 Å². The number of carbonyl (C=O) groups excluding carboxylic acids is 2. The molecule has 0 bridgehead atoms. The smallest absolute Gasteiger partial charge is 0.248 e. The number of carbonyl (C=O) groups is 2. The van der Waals surface area contributed by atoms with Gasteiger partial charge in [-0.2, -0.15) is 0 Å². The van der Waals surface area contributed by atoms with Crippen molar-refractivity contribution in [3.05, 3.63) is 35.4 Å². The maximum absolute atomic E-state index is 12.7. The molecule has 1 aliphatic heterocycles. The summed E-state index contributed by atoms with van der Waals surface area (Å²) in [6.45, 7) is 6.82. The molecule has 0 spiro atoms. The van der Waals surface area contributed by atoms with Crippen LogP contribution < -0.4 is 5.32 Å². The van der Waals surface area contributed by atoms with E-state index in [1.165, 1.54) is 5.56 Å². The summed E-state index contributed by atoms with van der Waals surface area (Å²) in [4.78, 5) is 26.2. The zero-order chi connectivity index (χ0) is 14.8. The maximum atomic E-state index is 12.7. The van der Waals surface area contributed by atoms with Crippen molar-refractivity contribution >= 4 is 11.8 Å². The van der Waals surface area contributed by atoms with Gasteiger partial charge in [-0.25, -0.2) is 0 Å². The third-order valence-corrected chi connectivity index (χ3v) is 4.11. The molecule has 0 saturated carbocycles. The van der Waals surface area contributed by atoms with Crippen LogP contribution in [-0.4, -0.2) is 28.8 Å². The molecule has 0 aliphatic carbocycles. The average molecular weight is 274 g/mol. The molecule has 1 atom stereocenters. The van der Waals surface area contributed by atoms with Gasteiger partial charge in [0.05, 0.1) is 0 Å². The lowest BCUT2D eigenvalue weighted by molar-refractivity contribution is -0.138. The Morgan fingerprint density at radius 2 is 2.00 bits per heavy atom. The largest absolute Gasteiger partial charge is 0.342 e. The fraction of sp³-hybridized carbons (Fsp3) is 0.500. The van der Waals surface area contributed by atoms with Gasteiger partial charge in [-0.3, -0.25) is 9.59 Å². The molecule has 1 heterocycles. The van der Waals surface area contributed by atoms with Crippen LogP contribution in [-0.2, 0) is 16.1 Å². The van der Waals surface area contributed by atoms with Crippen LogP contribution in [0, 0.1) is 6.92 Å². The van der Waals surface area contributed by atoms with Crippen LogP contribution >= 0.6 is 0 Å². The van der Waals surface area contributed by atoms with Gasteiger partial charge < -0.3 is 10.2 Å². The lowest BCUT2D eigenvalue weighted by Crippen LogP contribution is -2.54. The predicted molar refractivity (Wildman–Crippen MR) is 78.1 cm³/mol. The molecule has 1 unspecified atom stereocenters. The summed E-state index contributed by atoms with van der Waals surface area (Å²) in [7, 11) is 0. The second-order valence-corrected chi connectivity index (χ2v) is 5.64. The molecule has 4 heteroatoms. The van der Waals surface area contributed by atoms with Gasteiger partial charge in [0, 0.05) is 19.5 Å². The monoisotopic (exact) mass is 274 g/mol. The molecular formula is C16H22N2O2. The first-order valence-corrected chi connectivity index (χ1v) is 7.11. The standard InChI is InChI=1S/C16H22N2O2/c1-4-16(3)15(20)18(10-9-14(19)17-16)11-13-8-6-5-7-12(13)2/h5-8H,4,9-11H2,1-3H3,(H,17,19). The maximum Gasteiger partial charge on any atom is 0.248 e. The number of benzene rings is 1. The highest BCUT2D eigenvalue weighted by atomic mass is 16.2. The summed E-state index contributed by atoms with van der Waals surface area (Å²) in [5, 5.41) is 2.85. The normalized spacial score (nSPS) is 23.4. The number of nitrogens with zero attached hydrogens (tertiary/aromatic N) is 1. The SMILES string of the molecule is CCC1(C)NC(=O)CCN(Cc2ccccc2C)C1=O. The zero-order valence-corrected chi connectivity index (χ0v) is 12.4. The summed E-state index contributed by atoms with van der Waals surface area (Å²) in [5.74, 6) is -0.0379. The van der Waals surface area contributed by atoms with E-state index in [-0.39, 0.29) is 11.8 Å². The molecule has 1 fully saturated rings. The molecule has 108 valence electrons. The highest BCUT2D eigenvalue weighted by Gasteiger charge is 2.38. The second kappa shape index (κ2) is 5.65. The van der Waals surface area contributed by atoms with Crippen molar-refractivity contribution in [1.82, 2.24) is 10.2 Å². The van der Waals surface area contributed by atoms with Crippen molar-refractivity contribution in [2.45, 2.75) is 45.7 Å². The van der Waals surface area contributed by atoms with E-state index >= 15 is 0 Å². The Bertz CT molecular complexity index is 527. The van der Waals surface area contributed by atoms with E-state index < -0.39 is 5.54 Å². The number of hydrogen-bond acceptors (Lipinski definition) is 2. The van der Waals surface area contributed by atoms with Crippen LogP contribution in [0.15, 0.2) is 24.3 Å². The molecule has 2 amide bonds. The Balaban J connectivity index is 2.24. The number of hydrogen-bond donors (Lipinski definition) is 1. The van der Waals surface area contributed by atoms with E-state index in [9.17, 15) is 9.59 Å². The van der Waals surface area contributed by atoms with Crippen molar-refractivity contribution < 1.29 is 9.59 Å². The first kappa shape index (κ1) is 14.6. The second-order valence-electron chi connectivity index (χ2n) is 5.64. The van der Waals surface area contributed by atoms with Crippen molar-refractivity contribution in [3.63, 3.8) is 0 Å². The van der Waals surface area contributed by atoms with Gasteiger partial charge in [-0.15, -0.1) is 0 Å². The van der Waals surface area contributed by atoms with Gasteiger partial charge in [0.1, 0.15) is 5.54 Å². The molecule has 0 radical (unpaired) electrons. The molecule has 1 aliphatic rings. The Labute approximate surface area is 120 Å². The average Bonchev–Trinajstić information content (AvgIpc) is 2.53. The van der Waals surface area contributed by atoms with Crippen molar-refractivity contribution in [3.8, 4) is 0 Å². The summed E-state index contributed by atoms with van der Waals surface area (Å²) in [6, 6.07) is 8.05. The van der Waals surface area contributed by atoms with Gasteiger partial charge in [0.2, 0.25) is 11.8 Å². The van der Waals surface area contributed by atoms with E-state index in [1.54, 1.807) is 4.90 Å². The fourth-order valence-corrected chi connectivity index (χ4v) is 2.49. The van der Waals surface area contributed by atoms with E-state index in [2.05, 4.69) is 5.32 Å². The van der Waals surface area contributed by atoms with Crippen LogP contribution in [0.5, 0.6) is 0 Å². The van der Waals surface area contributed by atoms with Crippen molar-refractivity contribution in [2.24, 2.45) is 0 Å². The Kier molecular flexibility index (Phi) is 4.12. The van der Waals surface area contributed by atoms with Crippen LogP contribution in [0.1, 0.15) is 37.8 Å². The summed E-state index contributed by atoms with van der Waals surface area (Å²) >= 11 is 0. The van der Waals surface area contributed by atoms with E-state index in [1.807, 2.05) is 45.0 Å². The van der Waals surface area contributed by atoms with Crippen LogP contribution in [0.3, 0.4) is 0 Å². The Hall–Kier alpha value is -1.84. The first-order valence-electron chi connectivity index (χ1n) is 7.11. The molecule has 0 aromatic heterocycles. The minimum atomic E-state index is -0.781. The zero-order valence-electron chi connectivity index (χ0n) is 12.4. The lowest BCUT2D eigenvalue weighted by atomic mass is 9.97. The van der Waals surface area contributed by atoms with Crippen molar-refractivity contribution in [2.75, 3.05) is 6.54 Å². The highest BCUT2D eigenvalue weighted by Crippen LogP contribution is 2.20. The molecule has 4 nitrogen and oxygen atoms in total. The third-order valence-electron chi connectivity index (χ3n) is 4.11. The lowest BCUT2D eigenvalue weighted by Gasteiger charge is -2.31. The van der Waals surface area contributed by atoms with Gasteiger partial charge in [-0.05, 0) is 31.4 Å². The third kappa shape index (κ3) is 2.84. The highest BCUT2D eigenvalue weighted by molar-refractivity contribution is 5.93. The molecule has 20 heavy (non-hydrogen) atoms. The minimum Gasteiger partial charge on any atom is -0.342 e. The number of nitrogens with one attached hydrogen (secondary N) is 1. The molecular weight excluding hydrogens is 252 g/mol. The quantitative estimate of drug-likeness (QED) is 0.916. The van der Waals surface area contributed by atoms with E-state index in [0.717, 1.165) is 5.56 Å². The molecule has 1 aromatic carbocycles. The number of amides is 2. The molecule has 1 saturated heterocycles. The van der Waals surface area contributed by atoms with Crippen LogP contribution in [0.2, 0.25) is 0 Å². The molecule has 1 N–H and O–H groups in total. The minimum absolute atomic E-state index is 0.00843. The van der Waals surface area contributed by atoms with Crippen molar-refractivity contribution in [1.29, 1.82) is 0 Å². The van der Waals surface area contributed by atoms with Gasteiger partial charge in [0.25, 0.3) is 0 Å². The first-order chi connectivity index (χ1) is 9.46. The van der Waals surface area contributed by atoms with Gasteiger partial charge >= 0.3 is 0 Å². The number of aryl methyl sites for hydroxylation is 1. The van der Waals surface area contributed by atoms with Gasteiger partial charge in [0.15, 0.2) is 0 Å². The topological polar surface area (TPSA) is 49.4 Å².